The molecule has 0 fully saturated rings. The molecule has 0 saturated heterocycles. The Labute approximate surface area is 113 Å². The molecule has 0 bridgehead atoms. The maximum Gasteiger partial charge on any atom is 0.303 e. The maximum absolute atomic E-state index is 12.0. The summed E-state index contributed by atoms with van der Waals surface area (Å²) in [6, 6.07) is 7.53. The molecule has 1 aromatic carbocycles. The van der Waals surface area contributed by atoms with Crippen LogP contribution in [0.5, 0.6) is 0 Å². The molecule has 0 aromatic heterocycles. The summed E-state index contributed by atoms with van der Waals surface area (Å²) >= 11 is 0. The molecule has 1 atom stereocenters. The number of aryl methyl sites for hydroxylation is 1. The van der Waals surface area contributed by atoms with Gasteiger partial charge in [0.25, 0.3) is 5.91 Å². The number of rotatable bonds is 7. The zero-order valence-electron chi connectivity index (χ0n) is 11.5. The van der Waals surface area contributed by atoms with Gasteiger partial charge in [-0.3, -0.25) is 9.59 Å². The predicted octanol–water partition coefficient (Wildman–Crippen LogP) is 2.48. The van der Waals surface area contributed by atoms with Crippen molar-refractivity contribution < 1.29 is 14.7 Å². The van der Waals surface area contributed by atoms with Crippen molar-refractivity contribution in [2.75, 3.05) is 6.54 Å². The molecule has 0 saturated carbocycles. The van der Waals surface area contributed by atoms with Gasteiger partial charge in [0.2, 0.25) is 0 Å². The van der Waals surface area contributed by atoms with Crippen molar-refractivity contribution in [3.8, 4) is 0 Å². The highest BCUT2D eigenvalue weighted by Crippen LogP contribution is 2.10. The van der Waals surface area contributed by atoms with Crippen molar-refractivity contribution in [3.05, 3.63) is 35.4 Å². The Bertz CT molecular complexity index is 443. The van der Waals surface area contributed by atoms with Crippen LogP contribution in [-0.4, -0.2) is 23.5 Å². The van der Waals surface area contributed by atoms with Gasteiger partial charge in [-0.2, -0.15) is 0 Å². The molecule has 0 spiro atoms. The van der Waals surface area contributed by atoms with Crippen LogP contribution in [0.1, 0.15) is 42.6 Å². The van der Waals surface area contributed by atoms with Crippen molar-refractivity contribution in [3.63, 3.8) is 0 Å². The van der Waals surface area contributed by atoms with Crippen LogP contribution in [0.4, 0.5) is 0 Å². The molecular weight excluding hydrogens is 242 g/mol. The lowest BCUT2D eigenvalue weighted by Gasteiger charge is -2.13. The van der Waals surface area contributed by atoms with Gasteiger partial charge in [-0.25, -0.2) is 0 Å². The van der Waals surface area contributed by atoms with Crippen LogP contribution in [0.3, 0.4) is 0 Å². The van der Waals surface area contributed by atoms with Crippen LogP contribution in [-0.2, 0) is 11.2 Å². The Kier molecular flexibility index (Phi) is 6.06. The number of hydrogen-bond donors (Lipinski definition) is 2. The molecule has 0 aliphatic rings. The average molecular weight is 263 g/mol. The van der Waals surface area contributed by atoms with Crippen LogP contribution in [0, 0.1) is 5.92 Å². The fraction of sp³-hybridized carbons (Fsp3) is 0.467. The van der Waals surface area contributed by atoms with Crippen molar-refractivity contribution >= 4 is 11.9 Å². The number of hydrogen-bond acceptors (Lipinski definition) is 2. The lowest BCUT2D eigenvalue weighted by molar-refractivity contribution is -0.137. The first-order valence-corrected chi connectivity index (χ1v) is 6.62. The molecule has 0 heterocycles. The van der Waals surface area contributed by atoms with E-state index < -0.39 is 5.97 Å². The Balaban J connectivity index is 2.49. The number of aliphatic carboxylic acids is 1. The van der Waals surface area contributed by atoms with Crippen LogP contribution < -0.4 is 5.32 Å². The van der Waals surface area contributed by atoms with E-state index in [2.05, 4.69) is 5.32 Å². The summed E-state index contributed by atoms with van der Waals surface area (Å²) in [4.78, 5) is 22.5. The van der Waals surface area contributed by atoms with E-state index in [0.717, 1.165) is 12.0 Å². The van der Waals surface area contributed by atoms with E-state index in [-0.39, 0.29) is 18.2 Å². The van der Waals surface area contributed by atoms with E-state index in [0.29, 0.717) is 18.5 Å². The lowest BCUT2D eigenvalue weighted by atomic mass is 10.0. The summed E-state index contributed by atoms with van der Waals surface area (Å²) in [7, 11) is 0. The van der Waals surface area contributed by atoms with E-state index in [1.54, 1.807) is 0 Å². The van der Waals surface area contributed by atoms with Crippen LogP contribution >= 0.6 is 0 Å². The van der Waals surface area contributed by atoms with Crippen LogP contribution in [0.15, 0.2) is 24.3 Å². The quantitative estimate of drug-likeness (QED) is 0.794. The summed E-state index contributed by atoms with van der Waals surface area (Å²) in [5.74, 6) is -0.719. The van der Waals surface area contributed by atoms with Gasteiger partial charge in [0.1, 0.15) is 0 Å². The molecule has 19 heavy (non-hydrogen) atoms. The highest BCUT2D eigenvalue weighted by Gasteiger charge is 2.11. The molecule has 104 valence electrons. The van der Waals surface area contributed by atoms with Crippen molar-refractivity contribution in [1.29, 1.82) is 0 Å². The normalized spacial score (nSPS) is 11.9. The lowest BCUT2D eigenvalue weighted by Crippen LogP contribution is -2.29. The highest BCUT2D eigenvalue weighted by atomic mass is 16.4. The number of carbonyl (C=O) groups is 2. The zero-order valence-corrected chi connectivity index (χ0v) is 11.5. The number of carboxylic acids is 1. The van der Waals surface area contributed by atoms with Crippen molar-refractivity contribution in [2.24, 2.45) is 5.92 Å². The molecular formula is C15H21NO3. The molecule has 2 N–H and O–H groups in total. The summed E-state index contributed by atoms with van der Waals surface area (Å²) in [5, 5.41) is 11.5. The minimum absolute atomic E-state index is 0.0837. The predicted molar refractivity (Wildman–Crippen MR) is 74.2 cm³/mol. The Morgan fingerprint density at radius 1 is 1.32 bits per heavy atom. The highest BCUT2D eigenvalue weighted by molar-refractivity contribution is 5.95. The molecule has 4 nitrogen and oxygen atoms in total. The monoisotopic (exact) mass is 263 g/mol. The van der Waals surface area contributed by atoms with E-state index in [1.165, 1.54) is 0 Å². The molecule has 1 aromatic rings. The topological polar surface area (TPSA) is 66.4 Å². The van der Waals surface area contributed by atoms with Gasteiger partial charge in [-0.15, -0.1) is 0 Å². The van der Waals surface area contributed by atoms with Gasteiger partial charge >= 0.3 is 5.97 Å². The first-order chi connectivity index (χ1) is 9.04. The molecule has 0 radical (unpaired) electrons. The van der Waals surface area contributed by atoms with E-state index in [1.807, 2.05) is 38.1 Å². The number of nitrogens with one attached hydrogen (secondary N) is 1. The Hall–Kier alpha value is -1.84. The second kappa shape index (κ2) is 7.56. The van der Waals surface area contributed by atoms with Crippen molar-refractivity contribution in [2.45, 2.75) is 33.1 Å². The first-order valence-electron chi connectivity index (χ1n) is 6.62. The molecule has 0 aliphatic carbocycles. The molecule has 1 amide bonds. The second-order valence-corrected chi connectivity index (χ2v) is 4.76. The zero-order chi connectivity index (χ0) is 14.3. The van der Waals surface area contributed by atoms with Gasteiger partial charge in [0.05, 0.1) is 0 Å². The Morgan fingerprint density at radius 2 is 2.00 bits per heavy atom. The maximum atomic E-state index is 12.0. The molecule has 1 unspecified atom stereocenters. The van der Waals surface area contributed by atoms with Crippen molar-refractivity contribution in [1.82, 2.24) is 5.32 Å². The fourth-order valence-electron chi connectivity index (χ4n) is 1.88. The molecule has 4 heteroatoms. The summed E-state index contributed by atoms with van der Waals surface area (Å²) in [6.07, 6.45) is 1.53. The first kappa shape index (κ1) is 15.2. The number of carboxylic acid groups (broad SMARTS) is 1. The summed E-state index contributed by atoms with van der Waals surface area (Å²) in [6.45, 7) is 4.46. The van der Waals surface area contributed by atoms with E-state index in [4.69, 9.17) is 5.11 Å². The average Bonchev–Trinajstić information content (AvgIpc) is 2.42. The van der Waals surface area contributed by atoms with Crippen LogP contribution in [0.2, 0.25) is 0 Å². The van der Waals surface area contributed by atoms with Gasteiger partial charge < -0.3 is 10.4 Å². The smallest absolute Gasteiger partial charge is 0.303 e. The van der Waals surface area contributed by atoms with Gasteiger partial charge in [0, 0.05) is 18.5 Å². The van der Waals surface area contributed by atoms with Gasteiger partial charge in [-0.1, -0.05) is 32.0 Å². The third-order valence-corrected chi connectivity index (χ3v) is 3.10. The number of carbonyl (C=O) groups excluding carboxylic acids is 1. The molecule has 1 rings (SSSR count). The number of benzene rings is 1. The third kappa shape index (κ3) is 5.12. The largest absolute Gasteiger partial charge is 0.481 e. The van der Waals surface area contributed by atoms with Gasteiger partial charge in [-0.05, 0) is 30.4 Å². The Morgan fingerprint density at radius 3 is 2.63 bits per heavy atom. The molecule has 0 aliphatic heterocycles. The van der Waals surface area contributed by atoms with Crippen LogP contribution in [0.25, 0.3) is 0 Å². The van der Waals surface area contributed by atoms with Gasteiger partial charge in [0.15, 0.2) is 0 Å². The van der Waals surface area contributed by atoms with E-state index in [9.17, 15) is 9.59 Å². The fourth-order valence-corrected chi connectivity index (χ4v) is 1.88. The minimum atomic E-state index is -0.797. The standard InChI is InChI=1S/C15H21NO3/c1-3-12-6-4-5-7-13(12)15(19)16-10-11(2)8-9-14(17)18/h4-7,11H,3,8-10H2,1-2H3,(H,16,19)(H,17,18). The summed E-state index contributed by atoms with van der Waals surface area (Å²) < 4.78 is 0. The second-order valence-electron chi connectivity index (χ2n) is 4.76. The third-order valence-electron chi connectivity index (χ3n) is 3.10. The SMILES string of the molecule is CCc1ccccc1C(=O)NCC(C)CCC(=O)O. The number of amides is 1. The summed E-state index contributed by atoms with van der Waals surface area (Å²) in [5.41, 5.74) is 1.73. The minimum Gasteiger partial charge on any atom is -0.481 e. The van der Waals surface area contributed by atoms with E-state index >= 15 is 0 Å².